The van der Waals surface area contributed by atoms with Crippen LogP contribution in [0, 0.1) is 0 Å². The van der Waals surface area contributed by atoms with Gasteiger partial charge in [0, 0.05) is 19.6 Å². The summed E-state index contributed by atoms with van der Waals surface area (Å²) < 4.78 is 25.9. The fourth-order valence-corrected chi connectivity index (χ4v) is 4.60. The van der Waals surface area contributed by atoms with E-state index in [-0.39, 0.29) is 27.6 Å². The van der Waals surface area contributed by atoms with Crippen molar-refractivity contribution in [2.45, 2.75) is 50.5 Å². The summed E-state index contributed by atoms with van der Waals surface area (Å²) in [4.78, 5) is 23.8. The van der Waals surface area contributed by atoms with E-state index in [4.69, 9.17) is 11.6 Å². The van der Waals surface area contributed by atoms with Gasteiger partial charge in [-0.05, 0) is 31.4 Å². The van der Waals surface area contributed by atoms with Crippen molar-refractivity contribution >= 4 is 38.7 Å². The van der Waals surface area contributed by atoms with E-state index in [9.17, 15) is 23.1 Å². The third-order valence-corrected chi connectivity index (χ3v) is 7.73. The molecule has 0 saturated heterocycles. The van der Waals surface area contributed by atoms with Crippen LogP contribution in [0.1, 0.15) is 40.0 Å². The maximum atomic E-state index is 12.5. The Morgan fingerprint density at radius 2 is 1.55 bits per heavy atom. The van der Waals surface area contributed by atoms with Crippen molar-refractivity contribution in [2.24, 2.45) is 0 Å². The number of phenols is 1. The molecule has 0 bridgehead atoms. The monoisotopic (exact) mass is 443 g/mol. The summed E-state index contributed by atoms with van der Waals surface area (Å²) in [7, 11) is -1.42. The quantitative estimate of drug-likeness (QED) is 0.403. The Morgan fingerprint density at radius 3 is 2.03 bits per heavy atom. The van der Waals surface area contributed by atoms with Crippen LogP contribution in [-0.4, -0.2) is 37.5 Å². The third-order valence-electron chi connectivity index (χ3n) is 5.41. The molecule has 0 atom stereocenters. The molecule has 2 aromatic carbocycles. The minimum Gasteiger partial charge on any atom is -0.504 e. The van der Waals surface area contributed by atoms with Crippen LogP contribution in [0.25, 0.3) is 0 Å². The zero-order valence-corrected chi connectivity index (χ0v) is 18.7. The maximum absolute atomic E-state index is 12.5. The molecule has 3 N–H and O–H groups in total. The second-order valence-electron chi connectivity index (χ2n) is 7.06. The first kappa shape index (κ1) is 23.2. The minimum absolute atomic E-state index is 0.0134. The standard InChI is InChI=1S/C19H26ClN3O5S/c1-6-19(7-2,8-3)22-14-13(16(25)17(14)26)21-12-10-9-11(20)18(15(12)24)29(27,28)23(4)5/h9-10,21-22,24H,6-8H2,1-5H3. The van der Waals surface area contributed by atoms with Crippen LogP contribution in [0.3, 0.4) is 0 Å². The van der Waals surface area contributed by atoms with Gasteiger partial charge in [-0.1, -0.05) is 32.4 Å². The number of benzene rings is 1. The largest absolute Gasteiger partial charge is 0.504 e. The van der Waals surface area contributed by atoms with Gasteiger partial charge in [0.1, 0.15) is 16.3 Å². The van der Waals surface area contributed by atoms with Crippen LogP contribution in [0.5, 0.6) is 5.75 Å². The van der Waals surface area contributed by atoms with Crippen molar-refractivity contribution < 1.29 is 13.5 Å². The molecular weight excluding hydrogens is 418 g/mol. The lowest BCUT2D eigenvalue weighted by atomic mass is 9.89. The highest BCUT2D eigenvalue weighted by molar-refractivity contribution is 7.89. The number of nitrogens with zero attached hydrogens (tertiary/aromatic N) is 1. The number of rotatable bonds is 9. The Morgan fingerprint density at radius 1 is 1.03 bits per heavy atom. The van der Waals surface area contributed by atoms with E-state index in [1.165, 1.54) is 26.2 Å². The Bertz CT molecular complexity index is 1080. The number of sulfonamides is 1. The third kappa shape index (κ3) is 3.99. The number of phenolic OH excluding ortho intramolecular Hbond substituents is 1. The van der Waals surface area contributed by atoms with Crippen LogP contribution in [-0.2, 0) is 10.0 Å². The molecule has 8 nitrogen and oxygen atoms in total. The molecule has 0 fully saturated rings. The van der Waals surface area contributed by atoms with Gasteiger partial charge in [-0.2, -0.15) is 0 Å². The first-order valence-electron chi connectivity index (χ1n) is 9.28. The topological polar surface area (TPSA) is 116 Å². The van der Waals surface area contributed by atoms with Crippen LogP contribution in [0.15, 0.2) is 26.6 Å². The summed E-state index contributed by atoms with van der Waals surface area (Å²) in [5.74, 6) is -0.627. The number of hydrogen-bond acceptors (Lipinski definition) is 7. The molecule has 10 heteroatoms. The van der Waals surface area contributed by atoms with E-state index in [2.05, 4.69) is 10.6 Å². The first-order valence-corrected chi connectivity index (χ1v) is 11.1. The van der Waals surface area contributed by atoms with Gasteiger partial charge in [-0.15, -0.1) is 0 Å². The number of halogens is 1. The molecule has 2 rings (SSSR count). The number of hydrogen-bond donors (Lipinski definition) is 3. The normalized spacial score (nSPS) is 12.5. The predicted octanol–water partition coefficient (Wildman–Crippen LogP) is 3.02. The Balaban J connectivity index is 2.52. The van der Waals surface area contributed by atoms with Crippen LogP contribution < -0.4 is 21.5 Å². The van der Waals surface area contributed by atoms with Crippen LogP contribution in [0.4, 0.5) is 17.1 Å². The van der Waals surface area contributed by atoms with E-state index < -0.39 is 31.5 Å². The summed E-state index contributed by atoms with van der Waals surface area (Å²) in [5, 5.41) is 16.3. The summed E-state index contributed by atoms with van der Waals surface area (Å²) in [6.07, 6.45) is 2.24. The highest BCUT2D eigenvalue weighted by Gasteiger charge is 2.32. The van der Waals surface area contributed by atoms with E-state index in [1.807, 2.05) is 20.8 Å². The predicted molar refractivity (Wildman–Crippen MR) is 116 cm³/mol. The van der Waals surface area contributed by atoms with Gasteiger partial charge >= 0.3 is 0 Å². The lowest BCUT2D eigenvalue weighted by Gasteiger charge is -2.34. The highest BCUT2D eigenvalue weighted by atomic mass is 35.5. The molecule has 0 radical (unpaired) electrons. The molecule has 0 aliphatic heterocycles. The van der Waals surface area contributed by atoms with Crippen molar-refractivity contribution in [3.05, 3.63) is 37.6 Å². The summed E-state index contributed by atoms with van der Waals surface area (Å²) in [6.45, 7) is 5.96. The van der Waals surface area contributed by atoms with Crippen molar-refractivity contribution in [2.75, 3.05) is 24.7 Å². The zero-order chi connectivity index (χ0) is 22.1. The SMILES string of the molecule is CCC(CC)(CC)Nc1c(Nc2ccc(Cl)c(S(=O)(=O)N(C)C)c2O)c(=O)c1=O. The average Bonchev–Trinajstić information content (AvgIpc) is 2.69. The van der Waals surface area contributed by atoms with Gasteiger partial charge < -0.3 is 15.7 Å². The molecule has 0 spiro atoms. The molecule has 0 unspecified atom stereocenters. The summed E-state index contributed by atoms with van der Waals surface area (Å²) >= 11 is 6.00. The lowest BCUT2D eigenvalue weighted by molar-refractivity contribution is 0.420. The molecule has 0 amide bonds. The minimum atomic E-state index is -4.04. The molecule has 0 heterocycles. The van der Waals surface area contributed by atoms with Crippen molar-refractivity contribution in [1.82, 2.24) is 4.31 Å². The van der Waals surface area contributed by atoms with Gasteiger partial charge in [-0.25, -0.2) is 12.7 Å². The summed E-state index contributed by atoms with van der Waals surface area (Å²) in [6, 6.07) is 2.65. The van der Waals surface area contributed by atoms with Gasteiger partial charge in [0.05, 0.1) is 10.7 Å². The molecule has 29 heavy (non-hydrogen) atoms. The summed E-state index contributed by atoms with van der Waals surface area (Å²) in [5.41, 5.74) is -1.66. The molecule has 0 aliphatic carbocycles. The number of aromatic hydroxyl groups is 1. The van der Waals surface area contributed by atoms with Gasteiger partial charge in [0.2, 0.25) is 10.0 Å². The Kier molecular flexibility index (Phi) is 6.66. The van der Waals surface area contributed by atoms with Gasteiger partial charge in [-0.3, -0.25) is 9.59 Å². The van der Waals surface area contributed by atoms with Crippen LogP contribution >= 0.6 is 11.6 Å². The van der Waals surface area contributed by atoms with Crippen molar-refractivity contribution in [3.8, 4) is 5.75 Å². The lowest BCUT2D eigenvalue weighted by Crippen LogP contribution is -2.44. The van der Waals surface area contributed by atoms with E-state index in [1.54, 1.807) is 0 Å². The van der Waals surface area contributed by atoms with E-state index in [0.29, 0.717) is 0 Å². The molecule has 0 aliphatic rings. The first-order chi connectivity index (χ1) is 13.5. The fourth-order valence-electron chi connectivity index (χ4n) is 3.12. The van der Waals surface area contributed by atoms with Crippen molar-refractivity contribution in [3.63, 3.8) is 0 Å². The zero-order valence-electron chi connectivity index (χ0n) is 17.1. The van der Waals surface area contributed by atoms with E-state index >= 15 is 0 Å². The maximum Gasteiger partial charge on any atom is 0.253 e. The molecule has 0 saturated carbocycles. The second-order valence-corrected chi connectivity index (χ2v) is 9.56. The van der Waals surface area contributed by atoms with E-state index in [0.717, 1.165) is 23.6 Å². The molecule has 0 aromatic heterocycles. The fraction of sp³-hybridized carbons (Fsp3) is 0.474. The van der Waals surface area contributed by atoms with Crippen LogP contribution in [0.2, 0.25) is 5.02 Å². The average molecular weight is 444 g/mol. The Hall–Kier alpha value is -2.10. The van der Waals surface area contributed by atoms with Gasteiger partial charge in [0.25, 0.3) is 10.9 Å². The second kappa shape index (κ2) is 8.33. The highest BCUT2D eigenvalue weighted by Crippen LogP contribution is 2.40. The molecular formula is C19H26ClN3O5S. The molecule has 2 aromatic rings. The number of nitrogens with one attached hydrogen (secondary N) is 2. The number of anilines is 3. The Labute approximate surface area is 175 Å². The molecule has 160 valence electrons. The van der Waals surface area contributed by atoms with Gasteiger partial charge in [0.15, 0.2) is 5.75 Å². The smallest absolute Gasteiger partial charge is 0.253 e. The van der Waals surface area contributed by atoms with Crippen molar-refractivity contribution in [1.29, 1.82) is 0 Å².